The van der Waals surface area contributed by atoms with Crippen molar-refractivity contribution in [2.45, 2.75) is 32.7 Å². The van der Waals surface area contributed by atoms with E-state index in [1.54, 1.807) is 12.1 Å². The molecule has 0 atom stereocenters. The molecule has 0 saturated carbocycles. The Morgan fingerprint density at radius 2 is 2.05 bits per heavy atom. The molecule has 1 aliphatic rings. The number of pyridine rings is 1. The molecule has 0 aliphatic carbocycles. The van der Waals surface area contributed by atoms with E-state index in [2.05, 4.69) is 5.32 Å². The van der Waals surface area contributed by atoms with Crippen LogP contribution in [0.5, 0.6) is 0 Å². The summed E-state index contributed by atoms with van der Waals surface area (Å²) in [5.41, 5.74) is 0.355. The van der Waals surface area contributed by atoms with Crippen LogP contribution >= 0.6 is 0 Å². The standard InChI is InChI=1S/C15H21N3O3/c1-11(2)15(20)17-8-5-13(6-9-17)16-14(19)12-4-3-7-18(21)10-12/h3-4,7,10-11,13H,5-6,8-9H2,1-2H3,(H,16,19). The number of hydrogen-bond donors (Lipinski definition) is 1. The van der Waals surface area contributed by atoms with Crippen molar-refractivity contribution in [2.24, 2.45) is 5.92 Å². The van der Waals surface area contributed by atoms with E-state index in [0.717, 1.165) is 12.8 Å². The molecule has 1 saturated heterocycles. The maximum atomic E-state index is 12.0. The second kappa shape index (κ2) is 6.56. The molecule has 2 amide bonds. The maximum absolute atomic E-state index is 12.0. The van der Waals surface area contributed by atoms with Crippen LogP contribution in [0.25, 0.3) is 0 Å². The van der Waals surface area contributed by atoms with E-state index in [1.165, 1.54) is 12.4 Å². The highest BCUT2D eigenvalue weighted by molar-refractivity contribution is 5.93. The van der Waals surface area contributed by atoms with Crippen LogP contribution in [0.2, 0.25) is 0 Å². The Morgan fingerprint density at radius 3 is 2.62 bits per heavy atom. The van der Waals surface area contributed by atoms with E-state index in [-0.39, 0.29) is 23.8 Å². The molecule has 1 aromatic heterocycles. The molecule has 1 fully saturated rings. The van der Waals surface area contributed by atoms with Crippen molar-refractivity contribution in [1.29, 1.82) is 0 Å². The lowest BCUT2D eigenvalue weighted by molar-refractivity contribution is -0.605. The van der Waals surface area contributed by atoms with Gasteiger partial charge in [0.25, 0.3) is 5.91 Å². The van der Waals surface area contributed by atoms with Crippen molar-refractivity contribution in [3.63, 3.8) is 0 Å². The third-order valence-corrected chi connectivity index (χ3v) is 3.67. The lowest BCUT2D eigenvalue weighted by atomic mass is 10.0. The van der Waals surface area contributed by atoms with Crippen molar-refractivity contribution >= 4 is 11.8 Å². The predicted molar refractivity (Wildman–Crippen MR) is 77.3 cm³/mol. The van der Waals surface area contributed by atoms with E-state index in [9.17, 15) is 14.8 Å². The minimum Gasteiger partial charge on any atom is -0.619 e. The number of nitrogens with zero attached hydrogens (tertiary/aromatic N) is 2. The average Bonchev–Trinajstić information content (AvgIpc) is 2.47. The number of likely N-dealkylation sites (tertiary alicyclic amines) is 1. The average molecular weight is 291 g/mol. The number of aromatic nitrogens is 1. The van der Waals surface area contributed by atoms with Crippen LogP contribution < -0.4 is 10.0 Å². The Morgan fingerprint density at radius 1 is 1.38 bits per heavy atom. The second-order valence-corrected chi connectivity index (χ2v) is 5.68. The van der Waals surface area contributed by atoms with Gasteiger partial charge in [0.2, 0.25) is 5.91 Å². The van der Waals surface area contributed by atoms with Gasteiger partial charge in [-0.2, -0.15) is 4.73 Å². The number of amides is 2. The van der Waals surface area contributed by atoms with Gasteiger partial charge >= 0.3 is 0 Å². The quantitative estimate of drug-likeness (QED) is 0.658. The molecule has 2 heterocycles. The molecule has 0 unspecified atom stereocenters. The van der Waals surface area contributed by atoms with E-state index in [0.29, 0.717) is 23.4 Å². The van der Waals surface area contributed by atoms with Gasteiger partial charge in [0.05, 0.1) is 0 Å². The zero-order chi connectivity index (χ0) is 15.4. The van der Waals surface area contributed by atoms with Crippen molar-refractivity contribution < 1.29 is 14.3 Å². The van der Waals surface area contributed by atoms with Gasteiger partial charge in [-0.15, -0.1) is 0 Å². The summed E-state index contributed by atoms with van der Waals surface area (Å²) in [6.45, 7) is 5.12. The highest BCUT2D eigenvalue weighted by atomic mass is 16.5. The molecule has 6 nitrogen and oxygen atoms in total. The summed E-state index contributed by atoms with van der Waals surface area (Å²) in [5.74, 6) is -0.0722. The van der Waals surface area contributed by atoms with Gasteiger partial charge in [0.1, 0.15) is 5.56 Å². The normalized spacial score (nSPS) is 16.0. The van der Waals surface area contributed by atoms with Gasteiger partial charge in [-0.05, 0) is 18.9 Å². The largest absolute Gasteiger partial charge is 0.619 e. The lowest BCUT2D eigenvalue weighted by Gasteiger charge is -2.33. The molecule has 0 spiro atoms. The number of hydrogen-bond acceptors (Lipinski definition) is 3. The Bertz CT molecular complexity index is 523. The number of nitrogens with one attached hydrogen (secondary N) is 1. The highest BCUT2D eigenvalue weighted by Crippen LogP contribution is 2.13. The number of piperidine rings is 1. The third kappa shape index (κ3) is 3.93. The van der Waals surface area contributed by atoms with E-state index >= 15 is 0 Å². The molecular weight excluding hydrogens is 270 g/mol. The molecule has 1 aliphatic heterocycles. The van der Waals surface area contributed by atoms with Gasteiger partial charge in [0.15, 0.2) is 12.4 Å². The van der Waals surface area contributed by atoms with Gasteiger partial charge in [-0.1, -0.05) is 13.8 Å². The fourth-order valence-electron chi connectivity index (χ4n) is 2.47. The van der Waals surface area contributed by atoms with Crippen molar-refractivity contribution in [3.05, 3.63) is 35.3 Å². The van der Waals surface area contributed by atoms with Crippen LogP contribution in [-0.2, 0) is 4.79 Å². The lowest BCUT2D eigenvalue weighted by Crippen LogP contribution is -2.47. The van der Waals surface area contributed by atoms with Gasteiger partial charge in [0, 0.05) is 31.1 Å². The molecule has 1 aromatic rings. The number of rotatable bonds is 3. The zero-order valence-electron chi connectivity index (χ0n) is 12.4. The van der Waals surface area contributed by atoms with E-state index < -0.39 is 0 Å². The van der Waals surface area contributed by atoms with Gasteiger partial charge < -0.3 is 15.4 Å². The predicted octanol–water partition coefficient (Wildman–Crippen LogP) is 0.697. The fourth-order valence-corrected chi connectivity index (χ4v) is 2.47. The minimum atomic E-state index is -0.242. The summed E-state index contributed by atoms with van der Waals surface area (Å²) in [6, 6.07) is 3.21. The Balaban J connectivity index is 1.86. The first kappa shape index (κ1) is 15.3. The highest BCUT2D eigenvalue weighted by Gasteiger charge is 2.25. The Kier molecular flexibility index (Phi) is 4.77. The molecule has 1 N–H and O–H groups in total. The SMILES string of the molecule is CC(C)C(=O)N1CCC(NC(=O)c2ccc[n+]([O-])c2)CC1. The summed E-state index contributed by atoms with van der Waals surface area (Å²) in [7, 11) is 0. The first-order valence-corrected chi connectivity index (χ1v) is 7.26. The first-order chi connectivity index (χ1) is 9.97. The molecule has 21 heavy (non-hydrogen) atoms. The molecule has 114 valence electrons. The van der Waals surface area contributed by atoms with E-state index in [1.807, 2.05) is 18.7 Å². The molecule has 6 heteroatoms. The fraction of sp³-hybridized carbons (Fsp3) is 0.533. The van der Waals surface area contributed by atoms with Crippen molar-refractivity contribution in [3.8, 4) is 0 Å². The van der Waals surface area contributed by atoms with Crippen LogP contribution in [0.1, 0.15) is 37.0 Å². The maximum Gasteiger partial charge on any atom is 0.257 e. The number of carbonyl (C=O) groups is 2. The van der Waals surface area contributed by atoms with Crippen LogP contribution in [-0.4, -0.2) is 35.8 Å². The van der Waals surface area contributed by atoms with Crippen LogP contribution in [0.4, 0.5) is 0 Å². The van der Waals surface area contributed by atoms with Crippen molar-refractivity contribution in [1.82, 2.24) is 10.2 Å². The molecule has 0 bridgehead atoms. The molecule has 2 rings (SSSR count). The summed E-state index contributed by atoms with van der Waals surface area (Å²) in [4.78, 5) is 25.8. The summed E-state index contributed by atoms with van der Waals surface area (Å²) in [5, 5.41) is 14.1. The summed E-state index contributed by atoms with van der Waals surface area (Å²) >= 11 is 0. The molecule has 0 aromatic carbocycles. The second-order valence-electron chi connectivity index (χ2n) is 5.68. The topological polar surface area (TPSA) is 76.4 Å². The first-order valence-electron chi connectivity index (χ1n) is 7.26. The summed E-state index contributed by atoms with van der Waals surface area (Å²) in [6.07, 6.45) is 4.09. The zero-order valence-corrected chi connectivity index (χ0v) is 12.4. The third-order valence-electron chi connectivity index (χ3n) is 3.67. The van der Waals surface area contributed by atoms with Gasteiger partial charge in [-0.25, -0.2) is 0 Å². The van der Waals surface area contributed by atoms with Crippen molar-refractivity contribution in [2.75, 3.05) is 13.1 Å². The Hall–Kier alpha value is -2.11. The summed E-state index contributed by atoms with van der Waals surface area (Å²) < 4.78 is 0.610. The van der Waals surface area contributed by atoms with Crippen LogP contribution in [0, 0.1) is 11.1 Å². The molecular formula is C15H21N3O3. The van der Waals surface area contributed by atoms with Gasteiger partial charge in [-0.3, -0.25) is 9.59 Å². The number of carbonyl (C=O) groups excluding carboxylic acids is 2. The monoisotopic (exact) mass is 291 g/mol. The van der Waals surface area contributed by atoms with E-state index in [4.69, 9.17) is 0 Å². The molecule has 0 radical (unpaired) electrons. The Labute approximate surface area is 124 Å². The smallest absolute Gasteiger partial charge is 0.257 e. The van der Waals surface area contributed by atoms with Crippen LogP contribution in [0.15, 0.2) is 24.5 Å². The minimum absolute atomic E-state index is 0.00737. The van der Waals surface area contributed by atoms with Crippen LogP contribution in [0.3, 0.4) is 0 Å².